The predicted octanol–water partition coefficient (Wildman–Crippen LogP) is 4.54. The number of benzene rings is 2. The highest BCUT2D eigenvalue weighted by atomic mass is 32.2. The van der Waals surface area contributed by atoms with E-state index in [1.165, 1.54) is 4.90 Å². The minimum Gasteiger partial charge on any atom is -0.467 e. The number of thioether (sulfide) groups is 1. The van der Waals surface area contributed by atoms with Gasteiger partial charge in [0.2, 0.25) is 0 Å². The van der Waals surface area contributed by atoms with Gasteiger partial charge in [-0.1, -0.05) is 24.3 Å². The highest BCUT2D eigenvalue weighted by Crippen LogP contribution is 2.25. The molecule has 5 heteroatoms. The van der Waals surface area contributed by atoms with Gasteiger partial charge in [-0.15, -0.1) is 11.8 Å². The van der Waals surface area contributed by atoms with Crippen LogP contribution < -0.4 is 9.47 Å². The van der Waals surface area contributed by atoms with Gasteiger partial charge in [0.1, 0.15) is 11.5 Å². The van der Waals surface area contributed by atoms with Gasteiger partial charge in [-0.2, -0.15) is 0 Å². The molecule has 0 aliphatic rings. The summed E-state index contributed by atoms with van der Waals surface area (Å²) in [6, 6.07) is 14.1. The molecular formula is C19H22O4S. The van der Waals surface area contributed by atoms with Crippen LogP contribution in [0.5, 0.6) is 11.5 Å². The molecular weight excluding hydrogens is 324 g/mol. The molecule has 0 aliphatic heterocycles. The van der Waals surface area contributed by atoms with Crippen LogP contribution in [0.25, 0.3) is 12.2 Å². The number of hydrogen-bond donors (Lipinski definition) is 0. The SMILES string of the molecule is COCOc1cc(C=Cc2ccc(SC)cc2)cc(OCOC)c1. The van der Waals surface area contributed by atoms with Gasteiger partial charge in [-0.25, -0.2) is 0 Å². The fourth-order valence-corrected chi connectivity index (χ4v) is 2.43. The normalized spacial score (nSPS) is 11.0. The lowest BCUT2D eigenvalue weighted by Gasteiger charge is -2.10. The second-order valence-electron chi connectivity index (χ2n) is 4.95. The third-order valence-corrected chi connectivity index (χ3v) is 3.92. The lowest BCUT2D eigenvalue weighted by Crippen LogP contribution is -2.02. The van der Waals surface area contributed by atoms with Crippen LogP contribution in [0.4, 0.5) is 0 Å². The zero-order chi connectivity index (χ0) is 17.2. The molecule has 0 bridgehead atoms. The Morgan fingerprint density at radius 2 is 1.33 bits per heavy atom. The van der Waals surface area contributed by atoms with Crippen LogP contribution in [0.2, 0.25) is 0 Å². The molecule has 2 rings (SSSR count). The second-order valence-corrected chi connectivity index (χ2v) is 5.83. The van der Waals surface area contributed by atoms with Crippen molar-refractivity contribution in [3.05, 3.63) is 53.6 Å². The van der Waals surface area contributed by atoms with Crippen molar-refractivity contribution in [2.45, 2.75) is 4.90 Å². The van der Waals surface area contributed by atoms with Crippen LogP contribution in [0.1, 0.15) is 11.1 Å². The van der Waals surface area contributed by atoms with Gasteiger partial charge < -0.3 is 18.9 Å². The summed E-state index contributed by atoms with van der Waals surface area (Å²) in [6.07, 6.45) is 6.14. The molecule has 0 spiro atoms. The fourth-order valence-electron chi connectivity index (χ4n) is 2.02. The molecule has 2 aromatic rings. The lowest BCUT2D eigenvalue weighted by atomic mass is 10.1. The largest absolute Gasteiger partial charge is 0.467 e. The summed E-state index contributed by atoms with van der Waals surface area (Å²) < 4.78 is 20.9. The molecule has 0 unspecified atom stereocenters. The Labute approximate surface area is 147 Å². The van der Waals surface area contributed by atoms with Crippen LogP contribution in [0, 0.1) is 0 Å². The highest BCUT2D eigenvalue weighted by Gasteiger charge is 2.02. The Bertz CT molecular complexity index is 627. The van der Waals surface area contributed by atoms with Crippen molar-refractivity contribution >= 4 is 23.9 Å². The first-order valence-corrected chi connectivity index (χ1v) is 8.68. The first kappa shape index (κ1) is 18.4. The molecule has 0 aromatic heterocycles. The van der Waals surface area contributed by atoms with Crippen molar-refractivity contribution in [3.63, 3.8) is 0 Å². The fraction of sp³-hybridized carbons (Fsp3) is 0.263. The minimum absolute atomic E-state index is 0.188. The van der Waals surface area contributed by atoms with Crippen LogP contribution in [0.3, 0.4) is 0 Å². The lowest BCUT2D eigenvalue weighted by molar-refractivity contribution is 0.0460. The summed E-state index contributed by atoms with van der Waals surface area (Å²) in [6.45, 7) is 0.375. The molecule has 0 aliphatic carbocycles. The topological polar surface area (TPSA) is 36.9 Å². The van der Waals surface area contributed by atoms with E-state index in [1.54, 1.807) is 26.0 Å². The van der Waals surface area contributed by atoms with Crippen molar-refractivity contribution in [2.24, 2.45) is 0 Å². The molecule has 0 N–H and O–H groups in total. The Kier molecular flexibility index (Phi) is 7.68. The maximum Gasteiger partial charge on any atom is 0.188 e. The molecule has 24 heavy (non-hydrogen) atoms. The van der Waals surface area contributed by atoms with Crippen molar-refractivity contribution in [1.82, 2.24) is 0 Å². The van der Waals surface area contributed by atoms with E-state index < -0.39 is 0 Å². The van der Waals surface area contributed by atoms with Gasteiger partial charge in [0.25, 0.3) is 0 Å². The monoisotopic (exact) mass is 346 g/mol. The molecule has 2 aromatic carbocycles. The summed E-state index contributed by atoms with van der Waals surface area (Å²) in [4.78, 5) is 1.25. The summed E-state index contributed by atoms with van der Waals surface area (Å²) in [7, 11) is 3.18. The van der Waals surface area contributed by atoms with Crippen molar-refractivity contribution < 1.29 is 18.9 Å². The van der Waals surface area contributed by atoms with Crippen molar-refractivity contribution in [3.8, 4) is 11.5 Å². The second kappa shape index (κ2) is 10.0. The summed E-state index contributed by atoms with van der Waals surface area (Å²) in [5, 5.41) is 0. The molecule has 0 radical (unpaired) electrons. The Morgan fingerprint density at radius 1 is 0.792 bits per heavy atom. The van der Waals surface area contributed by atoms with E-state index in [0.29, 0.717) is 11.5 Å². The molecule has 128 valence electrons. The van der Waals surface area contributed by atoms with E-state index in [0.717, 1.165) is 11.1 Å². The number of rotatable bonds is 9. The first-order chi connectivity index (χ1) is 11.7. The zero-order valence-electron chi connectivity index (χ0n) is 14.2. The number of ether oxygens (including phenoxy) is 4. The van der Waals surface area contributed by atoms with E-state index in [4.69, 9.17) is 18.9 Å². The van der Waals surface area contributed by atoms with Crippen molar-refractivity contribution in [1.29, 1.82) is 0 Å². The highest BCUT2D eigenvalue weighted by molar-refractivity contribution is 7.98. The van der Waals surface area contributed by atoms with E-state index in [2.05, 4.69) is 36.6 Å². The van der Waals surface area contributed by atoms with Gasteiger partial charge >= 0.3 is 0 Å². The van der Waals surface area contributed by atoms with Gasteiger partial charge in [-0.05, 0) is 41.6 Å². The van der Waals surface area contributed by atoms with Crippen LogP contribution >= 0.6 is 11.8 Å². The van der Waals surface area contributed by atoms with E-state index in [1.807, 2.05) is 24.3 Å². The summed E-state index contributed by atoms with van der Waals surface area (Å²) in [5.41, 5.74) is 2.11. The first-order valence-electron chi connectivity index (χ1n) is 7.46. The van der Waals surface area contributed by atoms with Crippen LogP contribution in [-0.4, -0.2) is 34.1 Å². The quantitative estimate of drug-likeness (QED) is 0.378. The molecule has 0 saturated heterocycles. The molecule has 0 heterocycles. The van der Waals surface area contributed by atoms with E-state index in [9.17, 15) is 0 Å². The Hall–Kier alpha value is -1.95. The minimum atomic E-state index is 0.188. The molecule has 0 fully saturated rings. The van der Waals surface area contributed by atoms with E-state index >= 15 is 0 Å². The molecule has 0 atom stereocenters. The zero-order valence-corrected chi connectivity index (χ0v) is 15.0. The Morgan fingerprint density at radius 3 is 1.83 bits per heavy atom. The predicted molar refractivity (Wildman–Crippen MR) is 98.6 cm³/mol. The Balaban J connectivity index is 2.17. The van der Waals surface area contributed by atoms with Gasteiger partial charge in [0.05, 0.1) is 0 Å². The average Bonchev–Trinajstić information content (AvgIpc) is 2.63. The third kappa shape index (κ3) is 5.92. The van der Waals surface area contributed by atoms with Crippen molar-refractivity contribution in [2.75, 3.05) is 34.1 Å². The average molecular weight is 346 g/mol. The van der Waals surface area contributed by atoms with E-state index in [-0.39, 0.29) is 13.6 Å². The van der Waals surface area contributed by atoms with Gasteiger partial charge in [-0.3, -0.25) is 0 Å². The standard InChI is InChI=1S/C19H22O4S/c1-20-13-22-17-10-16(11-18(12-17)23-14-21-2)5-4-15-6-8-19(24-3)9-7-15/h4-12H,13-14H2,1-3H3. The maximum absolute atomic E-state index is 5.52. The van der Waals surface area contributed by atoms with Gasteiger partial charge in [0.15, 0.2) is 13.6 Å². The van der Waals surface area contributed by atoms with Crippen LogP contribution in [0.15, 0.2) is 47.4 Å². The maximum atomic E-state index is 5.52. The van der Waals surface area contributed by atoms with Crippen LogP contribution in [-0.2, 0) is 9.47 Å². The number of hydrogen-bond acceptors (Lipinski definition) is 5. The third-order valence-electron chi connectivity index (χ3n) is 3.17. The van der Waals surface area contributed by atoms with Gasteiger partial charge in [0, 0.05) is 25.2 Å². The molecule has 4 nitrogen and oxygen atoms in total. The summed E-state index contributed by atoms with van der Waals surface area (Å²) >= 11 is 1.73. The number of methoxy groups -OCH3 is 2. The molecule has 0 amide bonds. The molecule has 0 saturated carbocycles. The smallest absolute Gasteiger partial charge is 0.188 e. The summed E-state index contributed by atoms with van der Waals surface area (Å²) in [5.74, 6) is 1.37.